The van der Waals surface area contributed by atoms with E-state index in [0.29, 0.717) is 6.10 Å². The lowest BCUT2D eigenvalue weighted by Gasteiger charge is -2.20. The van der Waals surface area contributed by atoms with Crippen molar-refractivity contribution in [2.75, 3.05) is 26.2 Å². The summed E-state index contributed by atoms with van der Waals surface area (Å²) in [7, 11) is 0. The van der Waals surface area contributed by atoms with Gasteiger partial charge in [0.05, 0.1) is 6.10 Å². The third-order valence-electron chi connectivity index (χ3n) is 5.60. The molecule has 0 aromatic carbocycles. The Morgan fingerprint density at radius 1 is 0.833 bits per heavy atom. The maximum atomic E-state index is 6.23. The molecule has 0 aromatic heterocycles. The summed E-state index contributed by atoms with van der Waals surface area (Å²) in [5.41, 5.74) is 0. The zero-order valence-corrected chi connectivity index (χ0v) is 17.0. The van der Waals surface area contributed by atoms with E-state index in [2.05, 4.69) is 25.7 Å². The molecule has 0 heterocycles. The van der Waals surface area contributed by atoms with Gasteiger partial charge in [-0.25, -0.2) is 0 Å². The molecule has 0 radical (unpaired) electrons. The second-order valence-electron chi connectivity index (χ2n) is 8.03. The molecule has 2 atom stereocenters. The van der Waals surface area contributed by atoms with Gasteiger partial charge in [0.2, 0.25) is 0 Å². The van der Waals surface area contributed by atoms with Gasteiger partial charge >= 0.3 is 0 Å². The minimum absolute atomic E-state index is 0.547. The Morgan fingerprint density at radius 3 is 2.29 bits per heavy atom. The van der Waals surface area contributed by atoms with Crippen molar-refractivity contribution < 1.29 is 4.74 Å². The van der Waals surface area contributed by atoms with E-state index in [1.165, 1.54) is 103 Å². The van der Waals surface area contributed by atoms with Crippen molar-refractivity contribution in [3.63, 3.8) is 0 Å². The second-order valence-corrected chi connectivity index (χ2v) is 8.03. The largest absolute Gasteiger partial charge is 0.378 e. The van der Waals surface area contributed by atoms with Crippen LogP contribution in [-0.4, -0.2) is 37.2 Å². The third kappa shape index (κ3) is 11.5. The van der Waals surface area contributed by atoms with Gasteiger partial charge in [0.15, 0.2) is 0 Å². The van der Waals surface area contributed by atoms with Crippen LogP contribution in [-0.2, 0) is 4.74 Å². The van der Waals surface area contributed by atoms with Crippen molar-refractivity contribution in [1.82, 2.24) is 4.90 Å². The first-order valence-electron chi connectivity index (χ1n) is 11.1. The lowest BCUT2D eigenvalue weighted by Crippen LogP contribution is -2.25. The minimum Gasteiger partial charge on any atom is -0.378 e. The zero-order chi connectivity index (χ0) is 17.5. The van der Waals surface area contributed by atoms with Crippen molar-refractivity contribution in [3.8, 4) is 0 Å². The van der Waals surface area contributed by atoms with Gasteiger partial charge in [-0.05, 0) is 57.7 Å². The van der Waals surface area contributed by atoms with Gasteiger partial charge in [-0.2, -0.15) is 0 Å². The molecule has 0 amide bonds. The van der Waals surface area contributed by atoms with Gasteiger partial charge in [-0.15, -0.1) is 0 Å². The predicted octanol–water partition coefficient (Wildman–Crippen LogP) is 6.43. The maximum absolute atomic E-state index is 6.23. The molecule has 0 saturated heterocycles. The Labute approximate surface area is 152 Å². The van der Waals surface area contributed by atoms with Crippen molar-refractivity contribution >= 4 is 0 Å². The Balaban J connectivity index is 1.98. The Kier molecular flexibility index (Phi) is 13.9. The molecular weight excluding hydrogens is 294 g/mol. The summed E-state index contributed by atoms with van der Waals surface area (Å²) in [6, 6.07) is 0. The fourth-order valence-corrected chi connectivity index (χ4v) is 4.02. The average Bonchev–Trinajstić information content (AvgIpc) is 2.68. The molecule has 1 aliphatic carbocycles. The SMILES string of the molecule is CCCN(CC)CCCCCCCOC1CCCCCCC(C)C1. The molecule has 144 valence electrons. The van der Waals surface area contributed by atoms with Gasteiger partial charge in [-0.3, -0.25) is 0 Å². The maximum Gasteiger partial charge on any atom is 0.0577 e. The van der Waals surface area contributed by atoms with Crippen LogP contribution >= 0.6 is 0 Å². The van der Waals surface area contributed by atoms with E-state index < -0.39 is 0 Å². The zero-order valence-electron chi connectivity index (χ0n) is 17.0. The van der Waals surface area contributed by atoms with Crippen molar-refractivity contribution in [3.05, 3.63) is 0 Å². The summed E-state index contributed by atoms with van der Waals surface area (Å²) < 4.78 is 6.23. The van der Waals surface area contributed by atoms with Crippen molar-refractivity contribution in [1.29, 1.82) is 0 Å². The highest BCUT2D eigenvalue weighted by Crippen LogP contribution is 2.23. The number of hydrogen-bond acceptors (Lipinski definition) is 2. The quantitative estimate of drug-likeness (QED) is 0.380. The number of rotatable bonds is 12. The molecule has 0 spiro atoms. The van der Waals surface area contributed by atoms with E-state index in [4.69, 9.17) is 4.74 Å². The smallest absolute Gasteiger partial charge is 0.0577 e. The highest BCUT2D eigenvalue weighted by molar-refractivity contribution is 4.67. The highest BCUT2D eigenvalue weighted by atomic mass is 16.5. The molecule has 1 aliphatic rings. The van der Waals surface area contributed by atoms with Gasteiger partial charge < -0.3 is 9.64 Å². The summed E-state index contributed by atoms with van der Waals surface area (Å²) in [6.45, 7) is 11.7. The summed E-state index contributed by atoms with van der Waals surface area (Å²) in [6.07, 6.45) is 18.2. The molecule has 1 fully saturated rings. The topological polar surface area (TPSA) is 12.5 Å². The number of hydrogen-bond donors (Lipinski definition) is 0. The van der Waals surface area contributed by atoms with Crippen LogP contribution in [0.3, 0.4) is 0 Å². The normalized spacial score (nSPS) is 23.0. The minimum atomic E-state index is 0.547. The van der Waals surface area contributed by atoms with Crippen molar-refractivity contribution in [2.45, 2.75) is 110 Å². The van der Waals surface area contributed by atoms with Crippen LogP contribution in [0.2, 0.25) is 0 Å². The molecule has 2 unspecified atom stereocenters. The van der Waals surface area contributed by atoms with Crippen LogP contribution in [0.5, 0.6) is 0 Å². The first-order valence-corrected chi connectivity index (χ1v) is 11.1. The van der Waals surface area contributed by atoms with Crippen LogP contribution in [0.15, 0.2) is 0 Å². The van der Waals surface area contributed by atoms with Gasteiger partial charge in [0, 0.05) is 6.61 Å². The van der Waals surface area contributed by atoms with E-state index in [1.807, 2.05) is 0 Å². The van der Waals surface area contributed by atoms with Gasteiger partial charge in [0.25, 0.3) is 0 Å². The van der Waals surface area contributed by atoms with Crippen LogP contribution in [0.25, 0.3) is 0 Å². The lowest BCUT2D eigenvalue weighted by atomic mass is 9.97. The van der Waals surface area contributed by atoms with Gasteiger partial charge in [0.1, 0.15) is 0 Å². The molecule has 2 heteroatoms. The first kappa shape index (κ1) is 22.0. The van der Waals surface area contributed by atoms with E-state index in [1.54, 1.807) is 0 Å². The molecule has 0 aliphatic heterocycles. The fraction of sp³-hybridized carbons (Fsp3) is 1.00. The average molecular weight is 340 g/mol. The predicted molar refractivity (Wildman–Crippen MR) is 107 cm³/mol. The van der Waals surface area contributed by atoms with E-state index in [9.17, 15) is 0 Å². The standard InChI is InChI=1S/C22H45NO/c1-4-17-23(5-2)18-13-9-6-10-14-19-24-22-16-12-8-7-11-15-21(3)20-22/h21-22H,4-20H2,1-3H3. The summed E-state index contributed by atoms with van der Waals surface area (Å²) in [5, 5.41) is 0. The fourth-order valence-electron chi connectivity index (χ4n) is 4.02. The molecule has 0 bridgehead atoms. The van der Waals surface area contributed by atoms with Crippen molar-refractivity contribution in [2.24, 2.45) is 5.92 Å². The van der Waals surface area contributed by atoms with Crippen LogP contribution < -0.4 is 0 Å². The Bertz CT molecular complexity index is 269. The molecule has 1 rings (SSSR count). The number of ether oxygens (including phenoxy) is 1. The molecular formula is C22H45NO. The molecule has 2 nitrogen and oxygen atoms in total. The van der Waals surface area contributed by atoms with E-state index >= 15 is 0 Å². The van der Waals surface area contributed by atoms with E-state index in [-0.39, 0.29) is 0 Å². The summed E-state index contributed by atoms with van der Waals surface area (Å²) in [4.78, 5) is 2.58. The first-order chi connectivity index (χ1) is 11.8. The van der Waals surface area contributed by atoms with Crippen LogP contribution in [0.4, 0.5) is 0 Å². The lowest BCUT2D eigenvalue weighted by molar-refractivity contribution is 0.0288. The second kappa shape index (κ2) is 15.2. The Hall–Kier alpha value is -0.0800. The van der Waals surface area contributed by atoms with Gasteiger partial charge in [-0.1, -0.05) is 72.1 Å². The Morgan fingerprint density at radius 2 is 1.54 bits per heavy atom. The molecule has 24 heavy (non-hydrogen) atoms. The third-order valence-corrected chi connectivity index (χ3v) is 5.60. The molecule has 0 N–H and O–H groups in total. The molecule has 0 aromatic rings. The van der Waals surface area contributed by atoms with E-state index in [0.717, 1.165) is 12.5 Å². The highest BCUT2D eigenvalue weighted by Gasteiger charge is 2.15. The number of nitrogens with zero attached hydrogens (tertiary/aromatic N) is 1. The van der Waals surface area contributed by atoms with Crippen LogP contribution in [0.1, 0.15) is 104 Å². The monoisotopic (exact) mass is 339 g/mol. The number of unbranched alkanes of at least 4 members (excludes halogenated alkanes) is 4. The summed E-state index contributed by atoms with van der Waals surface area (Å²) in [5.74, 6) is 0.859. The van der Waals surface area contributed by atoms with Crippen LogP contribution in [0, 0.1) is 5.92 Å². The summed E-state index contributed by atoms with van der Waals surface area (Å²) >= 11 is 0. The molecule has 1 saturated carbocycles.